The van der Waals surface area contributed by atoms with Crippen LogP contribution in [0.3, 0.4) is 0 Å². The molecule has 0 saturated carbocycles. The molecule has 0 aromatic rings. The molecule has 9 heavy (non-hydrogen) atoms. The van der Waals surface area contributed by atoms with Crippen LogP contribution in [0.4, 0.5) is 0 Å². The largest absolute Gasteiger partial charge is 0.394 e. The van der Waals surface area contributed by atoms with Crippen molar-refractivity contribution in [3.05, 3.63) is 0 Å². The van der Waals surface area contributed by atoms with Gasteiger partial charge in [0.25, 0.3) is 0 Å². The maximum absolute atomic E-state index is 9.24. The van der Waals surface area contributed by atoms with Gasteiger partial charge in [-0.3, -0.25) is 4.74 Å². The van der Waals surface area contributed by atoms with E-state index in [1.54, 1.807) is 6.92 Å². The van der Waals surface area contributed by atoms with Gasteiger partial charge < -0.3 is 9.47 Å². The van der Waals surface area contributed by atoms with Gasteiger partial charge in [-0.05, 0) is 11.6 Å². The lowest BCUT2D eigenvalue weighted by molar-refractivity contribution is -0.385. The van der Waals surface area contributed by atoms with E-state index >= 15 is 0 Å². The Bertz CT molecular complexity index is 104. The first-order chi connectivity index (χ1) is 4.17. The summed E-state index contributed by atoms with van der Waals surface area (Å²) in [6, 6.07) is 0.229. The molecule has 1 saturated heterocycles. The predicted molar refractivity (Wildman–Crippen MR) is 33.2 cm³/mol. The third kappa shape index (κ3) is 1.35. The van der Waals surface area contributed by atoms with E-state index in [-0.39, 0.29) is 6.07 Å². The Morgan fingerprint density at radius 1 is 1.89 bits per heavy atom. The van der Waals surface area contributed by atoms with E-state index in [1.165, 1.54) is 0 Å². The summed E-state index contributed by atoms with van der Waals surface area (Å²) in [5.41, 5.74) is 0. The maximum Gasteiger partial charge on any atom is 0.394 e. The average Bonchev–Trinajstić information content (AvgIpc) is 2.08. The van der Waals surface area contributed by atoms with Crippen LogP contribution in [0.2, 0.25) is 0 Å². The highest BCUT2D eigenvalue weighted by molar-refractivity contribution is 6.17. The second-order valence-electron chi connectivity index (χ2n) is 2.05. The minimum absolute atomic E-state index is 0.229. The topological polar surface area (TPSA) is 32.2 Å². The molecule has 1 N–H and O–H groups in total. The number of rotatable bonds is 1. The first kappa shape index (κ1) is 7.28. The summed E-state index contributed by atoms with van der Waals surface area (Å²) in [5, 5.41) is 9.24. The first-order valence-corrected chi connectivity index (χ1v) is 3.30. The van der Waals surface area contributed by atoms with Crippen LogP contribution >= 0.6 is 11.6 Å². The number of alkyl halides is 1. The molecule has 0 spiro atoms. The van der Waals surface area contributed by atoms with Crippen molar-refractivity contribution in [2.75, 3.05) is 19.3 Å². The molecule has 1 rings (SSSR count). The molecule has 54 valence electrons. The minimum Gasteiger partial charge on any atom is -0.359 e. The third-order valence-electron chi connectivity index (χ3n) is 1.37. The molecule has 3 nitrogen and oxygen atoms in total. The zero-order chi connectivity index (χ0) is 6.91. The van der Waals surface area contributed by atoms with E-state index in [1.807, 2.05) is 0 Å². The van der Waals surface area contributed by atoms with Crippen molar-refractivity contribution in [1.29, 1.82) is 0 Å². The molecule has 1 heterocycles. The van der Waals surface area contributed by atoms with Crippen LogP contribution in [0, 0.1) is 0 Å². The lowest BCUT2D eigenvalue weighted by Crippen LogP contribution is -2.34. The van der Waals surface area contributed by atoms with Crippen molar-refractivity contribution in [1.82, 2.24) is 0 Å². The molecule has 0 aromatic carbocycles. The Labute approximate surface area is 58.8 Å². The van der Waals surface area contributed by atoms with Crippen molar-refractivity contribution in [3.63, 3.8) is 0 Å². The van der Waals surface area contributed by atoms with E-state index < -0.39 is 5.97 Å². The Morgan fingerprint density at radius 2 is 2.56 bits per heavy atom. The molecule has 0 bridgehead atoms. The molecule has 1 atom stereocenters. The highest BCUT2D eigenvalue weighted by atomic mass is 35.5. The van der Waals surface area contributed by atoms with E-state index in [4.69, 9.17) is 16.3 Å². The second kappa shape index (κ2) is 2.42. The fourth-order valence-corrected chi connectivity index (χ4v) is 1.07. The van der Waals surface area contributed by atoms with Crippen LogP contribution in [-0.4, -0.2) is 30.4 Å². The number of halogens is 1. The van der Waals surface area contributed by atoms with E-state index in [0.29, 0.717) is 13.2 Å². The Hall–Kier alpha value is 0.170. The zero-order valence-electron chi connectivity index (χ0n) is 5.26. The number of ether oxygens (including phenoxy) is 1. The smallest absolute Gasteiger partial charge is 0.359 e. The summed E-state index contributed by atoms with van der Waals surface area (Å²) in [6.45, 7) is 2.69. The minimum atomic E-state index is -1.22. The first-order valence-electron chi connectivity index (χ1n) is 2.77. The van der Waals surface area contributed by atoms with E-state index in [9.17, 15) is 5.11 Å². The van der Waals surface area contributed by atoms with Gasteiger partial charge in [0.15, 0.2) is 6.61 Å². The van der Waals surface area contributed by atoms with Crippen molar-refractivity contribution in [2.45, 2.75) is 12.9 Å². The van der Waals surface area contributed by atoms with Crippen molar-refractivity contribution >= 4 is 11.6 Å². The summed E-state index contributed by atoms with van der Waals surface area (Å²) in [7, 11) is 0. The summed E-state index contributed by atoms with van der Waals surface area (Å²) in [4.78, 5) is 0. The molecule has 4 heteroatoms. The van der Waals surface area contributed by atoms with Crippen LogP contribution in [-0.2, 0) is 9.10 Å². The molecule has 0 radical (unpaired) electrons. The van der Waals surface area contributed by atoms with Gasteiger partial charge in [0.05, 0.1) is 6.92 Å². The average molecular weight is 154 g/mol. The van der Waals surface area contributed by atoms with Crippen LogP contribution in [0.5, 0.6) is 0 Å². The second-order valence-corrected chi connectivity index (χ2v) is 2.27. The van der Waals surface area contributed by atoms with Crippen LogP contribution in [0.25, 0.3) is 0 Å². The number of aliphatic hydroxyl groups is 1. The zero-order valence-corrected chi connectivity index (χ0v) is 6.02. The SMILES string of the molecule is CC1(O)OCC[O+]1CCl. The van der Waals surface area contributed by atoms with E-state index in [2.05, 4.69) is 4.37 Å². The third-order valence-corrected chi connectivity index (χ3v) is 1.63. The van der Waals surface area contributed by atoms with Gasteiger partial charge in [0.1, 0.15) is 6.61 Å². The Balaban J connectivity index is 2.52. The number of hydrogen-bond acceptors (Lipinski definition) is 2. The van der Waals surface area contributed by atoms with Gasteiger partial charge in [-0.15, -0.1) is 0 Å². The fraction of sp³-hybridized carbons (Fsp3) is 1.00. The van der Waals surface area contributed by atoms with Crippen LogP contribution in [0.1, 0.15) is 6.92 Å². The van der Waals surface area contributed by atoms with Crippen molar-refractivity contribution in [3.8, 4) is 0 Å². The molecule has 0 aromatic heterocycles. The summed E-state index contributed by atoms with van der Waals surface area (Å²) in [5.74, 6) is -1.22. The number of hydrogen-bond donors (Lipinski definition) is 1. The van der Waals surface area contributed by atoms with Crippen LogP contribution < -0.4 is 0 Å². The van der Waals surface area contributed by atoms with Gasteiger partial charge in [-0.2, -0.15) is 0 Å². The quantitative estimate of drug-likeness (QED) is 0.438. The highest BCUT2D eigenvalue weighted by Gasteiger charge is 2.42. The molecule has 0 aliphatic carbocycles. The monoisotopic (exact) mass is 153 g/mol. The lowest BCUT2D eigenvalue weighted by Gasteiger charge is -2.20. The molecule has 1 aliphatic heterocycles. The normalized spacial score (nSPS) is 37.7. The van der Waals surface area contributed by atoms with Gasteiger partial charge >= 0.3 is 5.97 Å². The van der Waals surface area contributed by atoms with Gasteiger partial charge in [-0.25, -0.2) is 0 Å². The Morgan fingerprint density at radius 3 is 2.78 bits per heavy atom. The summed E-state index contributed by atoms with van der Waals surface area (Å²) in [6.07, 6.45) is 0. The van der Waals surface area contributed by atoms with Gasteiger partial charge in [0.2, 0.25) is 6.07 Å². The van der Waals surface area contributed by atoms with Gasteiger partial charge in [-0.1, -0.05) is 0 Å². The molecular formula is C5H10ClO3+. The standard InChI is InChI=1S/C5H10ClO3/c1-5(7)8-2-3-9(5)4-6/h7H,2-4H2,1H3/q+1. The Kier molecular flexibility index (Phi) is 1.96. The summed E-state index contributed by atoms with van der Waals surface area (Å²) >= 11 is 5.44. The molecule has 1 fully saturated rings. The van der Waals surface area contributed by atoms with Crippen molar-refractivity contribution < 1.29 is 14.2 Å². The molecule has 1 aliphatic rings. The van der Waals surface area contributed by atoms with Gasteiger partial charge in [0, 0.05) is 0 Å². The molecule has 1 unspecified atom stereocenters. The maximum atomic E-state index is 9.24. The fourth-order valence-electron chi connectivity index (χ4n) is 0.760. The van der Waals surface area contributed by atoms with Crippen LogP contribution in [0.15, 0.2) is 0 Å². The molecular weight excluding hydrogens is 144 g/mol. The highest BCUT2D eigenvalue weighted by Crippen LogP contribution is 2.24. The van der Waals surface area contributed by atoms with E-state index in [0.717, 1.165) is 0 Å². The van der Waals surface area contributed by atoms with Crippen molar-refractivity contribution in [2.24, 2.45) is 0 Å². The molecule has 0 amide bonds. The lowest BCUT2D eigenvalue weighted by atomic mass is 10.6. The summed E-state index contributed by atoms with van der Waals surface area (Å²) < 4.78 is 7.32. The predicted octanol–water partition coefficient (Wildman–Crippen LogP) is 0.431.